The summed E-state index contributed by atoms with van der Waals surface area (Å²) in [4.78, 5) is 22.1. The number of carbonyl (C=O) groups excluding carboxylic acids is 1. The number of benzene rings is 2. The second-order valence-corrected chi connectivity index (χ2v) is 11.5. The molecule has 2 fully saturated rings. The van der Waals surface area contributed by atoms with Crippen molar-refractivity contribution in [3.63, 3.8) is 0 Å². The van der Waals surface area contributed by atoms with E-state index < -0.39 is 0 Å². The molecule has 4 aromatic rings. The summed E-state index contributed by atoms with van der Waals surface area (Å²) in [6.45, 7) is 7.36. The molecule has 6 rings (SSSR count). The first kappa shape index (κ1) is 30.0. The van der Waals surface area contributed by atoms with Crippen LogP contribution in [-0.4, -0.2) is 47.6 Å². The molecule has 1 aliphatic heterocycles. The minimum Gasteiger partial charge on any atom is -0.493 e. The van der Waals surface area contributed by atoms with E-state index in [1.807, 2.05) is 31.2 Å². The monoisotopic (exact) mass is 611 g/mol. The summed E-state index contributed by atoms with van der Waals surface area (Å²) in [6.07, 6.45) is 4.85. The fraction of sp³-hybridized carbons (Fsp3) is 0.375. The Morgan fingerprint density at radius 1 is 1.12 bits per heavy atom. The van der Waals surface area contributed by atoms with E-state index in [-0.39, 0.29) is 36.7 Å². The van der Waals surface area contributed by atoms with Crippen LogP contribution in [0.4, 0.5) is 15.8 Å². The van der Waals surface area contributed by atoms with Gasteiger partial charge in [-0.2, -0.15) is 0 Å². The number of piperazine rings is 1. The molecular formula is C32H36Cl2FN5O2. The smallest absolute Gasteiger partial charge is 0.270 e. The third-order valence-corrected chi connectivity index (χ3v) is 8.21. The molecule has 2 aromatic carbocycles. The Kier molecular flexibility index (Phi) is 9.13. The highest BCUT2D eigenvalue weighted by atomic mass is 35.5. The molecule has 10 heteroatoms. The van der Waals surface area contributed by atoms with Gasteiger partial charge in [-0.05, 0) is 86.2 Å². The van der Waals surface area contributed by atoms with Crippen molar-refractivity contribution in [1.29, 1.82) is 0 Å². The topological polar surface area (TPSA) is 62.1 Å². The number of aromatic nitrogens is 2. The van der Waals surface area contributed by atoms with Crippen LogP contribution in [0.25, 0.3) is 5.65 Å². The molecule has 7 nitrogen and oxygen atoms in total. The third-order valence-electron chi connectivity index (χ3n) is 7.99. The van der Waals surface area contributed by atoms with Crippen LogP contribution in [0.1, 0.15) is 48.4 Å². The molecule has 1 atom stereocenters. The summed E-state index contributed by atoms with van der Waals surface area (Å²) in [7, 11) is 0. The number of anilines is 2. The second kappa shape index (κ2) is 12.8. The zero-order valence-corrected chi connectivity index (χ0v) is 25.4. The maximum absolute atomic E-state index is 15.3. The van der Waals surface area contributed by atoms with Crippen molar-refractivity contribution < 1.29 is 13.9 Å². The number of imidazole rings is 1. The zero-order chi connectivity index (χ0) is 28.5. The van der Waals surface area contributed by atoms with Crippen molar-refractivity contribution in [2.45, 2.75) is 45.7 Å². The largest absolute Gasteiger partial charge is 0.493 e. The van der Waals surface area contributed by atoms with Crippen molar-refractivity contribution in [3.8, 4) is 5.75 Å². The van der Waals surface area contributed by atoms with E-state index in [1.165, 1.54) is 18.9 Å². The number of halogens is 3. The highest BCUT2D eigenvalue weighted by Gasteiger charge is 2.26. The van der Waals surface area contributed by atoms with Gasteiger partial charge in [0.2, 0.25) is 0 Å². The molecule has 1 aliphatic carbocycles. The van der Waals surface area contributed by atoms with E-state index >= 15 is 4.39 Å². The number of pyridine rings is 1. The highest BCUT2D eigenvalue weighted by molar-refractivity contribution is 6.30. The molecule has 1 saturated carbocycles. The number of nitrogens with zero attached hydrogens (tertiary/aromatic N) is 4. The molecule has 0 radical (unpaired) electrons. The van der Waals surface area contributed by atoms with E-state index in [2.05, 4.69) is 39.2 Å². The Bertz CT molecular complexity index is 1560. The van der Waals surface area contributed by atoms with E-state index in [0.717, 1.165) is 30.5 Å². The highest BCUT2D eigenvalue weighted by Crippen LogP contribution is 2.31. The summed E-state index contributed by atoms with van der Waals surface area (Å²) < 4.78 is 22.9. The standard InChI is InChI=1S/C32H35ClFN5O2.ClH/c1-3-28-31(39-19-24(33)7-13-30(39)36-28)32(40)35-17-23-6-12-29(27(34)16-23)37-14-15-38(21(2)18-37)25-8-10-26(11-9-25)41-20-22-4-5-22;/h6-13,16,19,21-22H,3-5,14-15,17-18,20H2,1-2H3,(H,35,40);1H/t21-;/m0./s1. The summed E-state index contributed by atoms with van der Waals surface area (Å²) in [5.41, 5.74) is 4.24. The predicted octanol–water partition coefficient (Wildman–Crippen LogP) is 6.54. The number of hydrogen-bond acceptors (Lipinski definition) is 5. The van der Waals surface area contributed by atoms with Crippen LogP contribution in [0, 0.1) is 11.7 Å². The lowest BCUT2D eigenvalue weighted by Crippen LogP contribution is -2.52. The minimum absolute atomic E-state index is 0. The molecule has 2 aliphatic rings. The zero-order valence-electron chi connectivity index (χ0n) is 23.9. The molecule has 2 aromatic heterocycles. The van der Waals surface area contributed by atoms with Gasteiger partial charge in [0.05, 0.1) is 23.0 Å². The normalized spacial score (nSPS) is 16.8. The van der Waals surface area contributed by atoms with Crippen LogP contribution in [0.3, 0.4) is 0 Å². The SMILES string of the molecule is CCc1nc2ccc(Cl)cn2c1C(=O)NCc1ccc(N2CCN(c3ccc(OCC4CC4)cc3)[C@@H](C)C2)c(F)c1.Cl. The summed E-state index contributed by atoms with van der Waals surface area (Å²) >= 11 is 6.16. The molecule has 1 saturated heterocycles. The van der Waals surface area contributed by atoms with Gasteiger partial charge < -0.3 is 19.9 Å². The maximum Gasteiger partial charge on any atom is 0.270 e. The van der Waals surface area contributed by atoms with Crippen LogP contribution >= 0.6 is 24.0 Å². The fourth-order valence-corrected chi connectivity index (χ4v) is 5.69. The van der Waals surface area contributed by atoms with Crippen LogP contribution in [0.2, 0.25) is 5.02 Å². The molecule has 222 valence electrons. The van der Waals surface area contributed by atoms with Crippen LogP contribution in [0.15, 0.2) is 60.8 Å². The summed E-state index contributed by atoms with van der Waals surface area (Å²) in [5.74, 6) is 1.09. The van der Waals surface area contributed by atoms with Gasteiger partial charge in [-0.1, -0.05) is 24.6 Å². The molecule has 42 heavy (non-hydrogen) atoms. The number of nitrogens with one attached hydrogen (secondary N) is 1. The molecule has 3 heterocycles. The minimum atomic E-state index is -0.287. The molecule has 0 unspecified atom stereocenters. The third kappa shape index (κ3) is 6.45. The van der Waals surface area contributed by atoms with Crippen molar-refractivity contribution in [2.75, 3.05) is 36.0 Å². The first-order valence-electron chi connectivity index (χ1n) is 14.4. The lowest BCUT2D eigenvalue weighted by atomic mass is 10.1. The van der Waals surface area contributed by atoms with Gasteiger partial charge >= 0.3 is 0 Å². The lowest BCUT2D eigenvalue weighted by molar-refractivity contribution is 0.0944. The number of fused-ring (bicyclic) bond motifs is 1. The average molecular weight is 613 g/mol. The Labute approximate surface area is 257 Å². The van der Waals surface area contributed by atoms with Gasteiger partial charge in [0.25, 0.3) is 5.91 Å². The number of rotatable bonds is 9. The number of carbonyl (C=O) groups is 1. The number of amides is 1. The van der Waals surface area contributed by atoms with Crippen molar-refractivity contribution in [2.24, 2.45) is 5.92 Å². The lowest BCUT2D eigenvalue weighted by Gasteiger charge is -2.42. The van der Waals surface area contributed by atoms with E-state index in [1.54, 1.807) is 22.7 Å². The van der Waals surface area contributed by atoms with Gasteiger partial charge in [0.15, 0.2) is 0 Å². The van der Waals surface area contributed by atoms with Gasteiger partial charge in [-0.3, -0.25) is 9.20 Å². The van der Waals surface area contributed by atoms with Crippen molar-refractivity contribution >= 4 is 46.9 Å². The first-order chi connectivity index (χ1) is 19.9. The Hall–Kier alpha value is -3.49. The summed E-state index contributed by atoms with van der Waals surface area (Å²) in [5, 5.41) is 3.45. The number of hydrogen-bond donors (Lipinski definition) is 1. The molecule has 1 amide bonds. The van der Waals surface area contributed by atoms with E-state index in [4.69, 9.17) is 16.3 Å². The van der Waals surface area contributed by atoms with E-state index in [9.17, 15) is 4.79 Å². The Balaban J connectivity index is 0.00000353. The molecule has 1 N–H and O–H groups in total. The van der Waals surface area contributed by atoms with E-state index in [0.29, 0.717) is 52.8 Å². The van der Waals surface area contributed by atoms with Gasteiger partial charge in [-0.15, -0.1) is 12.4 Å². The number of aryl methyl sites for hydroxylation is 1. The first-order valence-corrected chi connectivity index (χ1v) is 14.7. The molecule has 0 spiro atoms. The van der Waals surface area contributed by atoms with Crippen molar-refractivity contribution in [1.82, 2.24) is 14.7 Å². The predicted molar refractivity (Wildman–Crippen MR) is 168 cm³/mol. The Morgan fingerprint density at radius 3 is 2.60 bits per heavy atom. The molecule has 0 bridgehead atoms. The average Bonchev–Trinajstić information content (AvgIpc) is 3.74. The van der Waals surface area contributed by atoms with Gasteiger partial charge in [0, 0.05) is 44.1 Å². The van der Waals surface area contributed by atoms with Crippen molar-refractivity contribution in [3.05, 3.63) is 88.6 Å². The van der Waals surface area contributed by atoms with Crippen LogP contribution in [0.5, 0.6) is 5.75 Å². The maximum atomic E-state index is 15.3. The molecular weight excluding hydrogens is 576 g/mol. The van der Waals surface area contributed by atoms with Crippen LogP contribution in [-0.2, 0) is 13.0 Å². The van der Waals surface area contributed by atoms with Gasteiger partial charge in [0.1, 0.15) is 22.9 Å². The van der Waals surface area contributed by atoms with Crippen LogP contribution < -0.4 is 19.9 Å². The second-order valence-electron chi connectivity index (χ2n) is 11.0. The van der Waals surface area contributed by atoms with Gasteiger partial charge in [-0.25, -0.2) is 9.37 Å². The Morgan fingerprint density at radius 2 is 1.90 bits per heavy atom. The summed E-state index contributed by atoms with van der Waals surface area (Å²) in [6, 6.07) is 17.3. The fourth-order valence-electron chi connectivity index (χ4n) is 5.53. The number of ether oxygens (including phenoxy) is 1. The quantitative estimate of drug-likeness (QED) is 0.233.